The lowest BCUT2D eigenvalue weighted by Crippen LogP contribution is -2.30. The molecule has 3 aromatic rings. The van der Waals surface area contributed by atoms with Crippen LogP contribution in [0.1, 0.15) is 31.1 Å². The van der Waals surface area contributed by atoms with Crippen LogP contribution >= 0.6 is 11.3 Å². The fraction of sp³-hybridized carbons (Fsp3) is 0.278. The van der Waals surface area contributed by atoms with Gasteiger partial charge in [0.1, 0.15) is 5.56 Å². The number of anilines is 2. The van der Waals surface area contributed by atoms with Crippen molar-refractivity contribution in [2.45, 2.75) is 26.8 Å². The summed E-state index contributed by atoms with van der Waals surface area (Å²) in [5, 5.41) is 4.52. The van der Waals surface area contributed by atoms with Crippen LogP contribution in [0.5, 0.6) is 0 Å². The van der Waals surface area contributed by atoms with Gasteiger partial charge in [0.25, 0.3) is 11.5 Å². The Hall–Kier alpha value is -2.67. The molecule has 0 aliphatic rings. The van der Waals surface area contributed by atoms with Crippen LogP contribution in [-0.2, 0) is 0 Å². The maximum atomic E-state index is 12.4. The van der Waals surface area contributed by atoms with E-state index in [2.05, 4.69) is 36.0 Å². The third kappa shape index (κ3) is 3.41. The summed E-state index contributed by atoms with van der Waals surface area (Å²) in [4.78, 5) is 31.7. The molecule has 0 radical (unpaired) electrons. The number of fused-ring (bicyclic) bond motifs is 1. The monoisotopic (exact) mass is 356 g/mol. The second-order valence-electron chi connectivity index (χ2n) is 5.91. The number of aromatic nitrogens is 2. The first kappa shape index (κ1) is 17.2. The Morgan fingerprint density at radius 3 is 2.68 bits per heavy atom. The van der Waals surface area contributed by atoms with Crippen LogP contribution < -0.4 is 15.8 Å². The Labute approximate surface area is 149 Å². The van der Waals surface area contributed by atoms with Crippen LogP contribution in [0.3, 0.4) is 0 Å². The van der Waals surface area contributed by atoms with Crippen LogP contribution in [0.2, 0.25) is 0 Å². The molecule has 1 N–H and O–H groups in total. The van der Waals surface area contributed by atoms with E-state index in [4.69, 9.17) is 0 Å². The van der Waals surface area contributed by atoms with E-state index in [1.807, 2.05) is 24.3 Å². The summed E-state index contributed by atoms with van der Waals surface area (Å²) in [6.07, 6.45) is 2.95. The maximum absolute atomic E-state index is 12.4. The summed E-state index contributed by atoms with van der Waals surface area (Å²) in [7, 11) is 0. The number of hydrogen-bond donors (Lipinski definition) is 1. The number of amides is 1. The van der Waals surface area contributed by atoms with Crippen molar-refractivity contribution in [3.05, 3.63) is 58.0 Å². The Bertz CT molecular complexity index is 944. The van der Waals surface area contributed by atoms with Gasteiger partial charge in [0, 0.05) is 41.7 Å². The van der Waals surface area contributed by atoms with Gasteiger partial charge in [0.2, 0.25) is 0 Å². The number of benzene rings is 1. The zero-order valence-corrected chi connectivity index (χ0v) is 15.2. The number of nitrogens with one attached hydrogen (secondary N) is 1. The van der Waals surface area contributed by atoms with Crippen LogP contribution in [0.4, 0.5) is 11.4 Å². The van der Waals surface area contributed by atoms with Crippen LogP contribution in [-0.4, -0.2) is 27.9 Å². The van der Waals surface area contributed by atoms with Crippen molar-refractivity contribution in [2.75, 3.05) is 16.8 Å². The highest BCUT2D eigenvalue weighted by Gasteiger charge is 2.14. The smallest absolute Gasteiger partial charge is 0.271 e. The Morgan fingerprint density at radius 2 is 2.04 bits per heavy atom. The van der Waals surface area contributed by atoms with Gasteiger partial charge in [-0.05, 0) is 45.0 Å². The van der Waals surface area contributed by atoms with E-state index < -0.39 is 5.91 Å². The van der Waals surface area contributed by atoms with Gasteiger partial charge in [-0.15, -0.1) is 11.3 Å². The second kappa shape index (κ2) is 7.06. The van der Waals surface area contributed by atoms with Gasteiger partial charge < -0.3 is 10.2 Å². The minimum Gasteiger partial charge on any atom is -0.369 e. The highest BCUT2D eigenvalue weighted by atomic mass is 32.1. The third-order valence-electron chi connectivity index (χ3n) is 4.01. The zero-order chi connectivity index (χ0) is 18.0. The minimum absolute atomic E-state index is 0.0253. The quantitative estimate of drug-likeness (QED) is 0.762. The summed E-state index contributed by atoms with van der Waals surface area (Å²) in [6.45, 7) is 7.30. The van der Waals surface area contributed by atoms with Crippen molar-refractivity contribution in [1.29, 1.82) is 0 Å². The summed E-state index contributed by atoms with van der Waals surface area (Å²) in [5.41, 5.74) is 1.40. The molecule has 0 spiro atoms. The highest BCUT2D eigenvalue weighted by Crippen LogP contribution is 2.20. The molecule has 3 rings (SSSR count). The van der Waals surface area contributed by atoms with E-state index in [9.17, 15) is 9.59 Å². The topological polar surface area (TPSA) is 66.7 Å². The number of hydrogen-bond acceptors (Lipinski definition) is 5. The number of carbonyl (C=O) groups excluding carboxylic acids is 1. The molecule has 0 aliphatic carbocycles. The molecule has 0 bridgehead atoms. The molecular weight excluding hydrogens is 336 g/mol. The van der Waals surface area contributed by atoms with Crippen molar-refractivity contribution in [3.63, 3.8) is 0 Å². The first-order chi connectivity index (χ1) is 12.0. The van der Waals surface area contributed by atoms with E-state index in [-0.39, 0.29) is 11.1 Å². The third-order valence-corrected chi connectivity index (χ3v) is 4.78. The average molecular weight is 356 g/mol. The van der Waals surface area contributed by atoms with Crippen LogP contribution in [0, 0.1) is 0 Å². The standard InChI is InChI=1S/C18H20N4O2S/c1-4-21(12(2)3)14-7-5-13(6-8-14)20-16(23)15-11-19-18-22(17(15)24)9-10-25-18/h5-12H,4H2,1-3H3,(H,20,23). The molecule has 0 saturated carbocycles. The van der Waals surface area contributed by atoms with Gasteiger partial charge in [0.05, 0.1) is 0 Å². The van der Waals surface area contributed by atoms with E-state index in [1.54, 1.807) is 11.6 Å². The molecule has 0 saturated heterocycles. The van der Waals surface area contributed by atoms with Gasteiger partial charge >= 0.3 is 0 Å². The molecule has 6 nitrogen and oxygen atoms in total. The van der Waals surface area contributed by atoms with E-state index in [1.165, 1.54) is 21.9 Å². The van der Waals surface area contributed by atoms with Crippen molar-refractivity contribution in [2.24, 2.45) is 0 Å². The number of thiazole rings is 1. The Kier molecular flexibility index (Phi) is 4.85. The average Bonchev–Trinajstić information content (AvgIpc) is 3.06. The molecule has 0 unspecified atom stereocenters. The van der Waals surface area contributed by atoms with Crippen molar-refractivity contribution >= 4 is 33.6 Å². The molecule has 0 aliphatic heterocycles. The fourth-order valence-electron chi connectivity index (χ4n) is 2.76. The first-order valence-electron chi connectivity index (χ1n) is 8.14. The molecule has 2 heterocycles. The normalized spacial score (nSPS) is 11.0. The lowest BCUT2D eigenvalue weighted by atomic mass is 10.2. The lowest BCUT2D eigenvalue weighted by molar-refractivity contribution is 0.102. The number of rotatable bonds is 5. The number of carbonyl (C=O) groups is 1. The summed E-state index contributed by atoms with van der Waals surface area (Å²) in [6, 6.07) is 8.01. The second-order valence-corrected chi connectivity index (χ2v) is 6.79. The Morgan fingerprint density at radius 1 is 1.32 bits per heavy atom. The molecule has 0 fully saturated rings. The van der Waals surface area contributed by atoms with Crippen molar-refractivity contribution in [1.82, 2.24) is 9.38 Å². The van der Waals surface area contributed by atoms with E-state index in [0.29, 0.717) is 16.7 Å². The van der Waals surface area contributed by atoms with Crippen LogP contribution in [0.15, 0.2) is 46.8 Å². The summed E-state index contributed by atoms with van der Waals surface area (Å²) in [5.74, 6) is -0.456. The van der Waals surface area contributed by atoms with Gasteiger partial charge in [0.15, 0.2) is 4.96 Å². The summed E-state index contributed by atoms with van der Waals surface area (Å²) < 4.78 is 1.38. The molecule has 25 heavy (non-hydrogen) atoms. The van der Waals surface area contributed by atoms with Gasteiger partial charge in [-0.2, -0.15) is 0 Å². The first-order valence-corrected chi connectivity index (χ1v) is 9.02. The van der Waals surface area contributed by atoms with Gasteiger partial charge in [-0.3, -0.25) is 14.0 Å². The fourth-order valence-corrected chi connectivity index (χ4v) is 3.44. The largest absolute Gasteiger partial charge is 0.369 e. The highest BCUT2D eigenvalue weighted by molar-refractivity contribution is 7.15. The lowest BCUT2D eigenvalue weighted by Gasteiger charge is -2.27. The molecule has 2 aromatic heterocycles. The molecule has 1 aromatic carbocycles. The number of nitrogens with zero attached hydrogens (tertiary/aromatic N) is 3. The van der Waals surface area contributed by atoms with E-state index in [0.717, 1.165) is 12.2 Å². The van der Waals surface area contributed by atoms with Crippen molar-refractivity contribution in [3.8, 4) is 0 Å². The zero-order valence-electron chi connectivity index (χ0n) is 14.4. The van der Waals surface area contributed by atoms with Gasteiger partial charge in [-0.25, -0.2) is 4.98 Å². The molecular formula is C18H20N4O2S. The van der Waals surface area contributed by atoms with Crippen LogP contribution in [0.25, 0.3) is 4.96 Å². The molecule has 0 atom stereocenters. The minimum atomic E-state index is -0.456. The molecule has 1 amide bonds. The Balaban J connectivity index is 1.80. The van der Waals surface area contributed by atoms with Crippen molar-refractivity contribution < 1.29 is 4.79 Å². The maximum Gasteiger partial charge on any atom is 0.271 e. The predicted molar refractivity (Wildman–Crippen MR) is 102 cm³/mol. The van der Waals surface area contributed by atoms with E-state index >= 15 is 0 Å². The predicted octanol–water partition coefficient (Wildman–Crippen LogP) is 3.24. The SMILES string of the molecule is CCN(c1ccc(NC(=O)c2cnc3sccn3c2=O)cc1)C(C)C. The molecule has 7 heteroatoms. The summed E-state index contributed by atoms with van der Waals surface area (Å²) >= 11 is 1.35. The van der Waals surface area contributed by atoms with Gasteiger partial charge in [-0.1, -0.05) is 0 Å². The molecule has 130 valence electrons.